The summed E-state index contributed by atoms with van der Waals surface area (Å²) in [4.78, 5) is 17.4. The number of anilines is 1. The second-order valence-electron chi connectivity index (χ2n) is 4.85. The number of nitrogens with one attached hydrogen (secondary N) is 1. The van der Waals surface area contributed by atoms with E-state index in [1.54, 1.807) is 0 Å². The molecule has 2 aliphatic rings. The van der Waals surface area contributed by atoms with E-state index in [2.05, 4.69) is 5.48 Å². The highest BCUT2D eigenvalue weighted by Gasteiger charge is 2.45. The SMILES string of the molecule is O=C1CCC2(C[C@@H]1ONc1ccccc1)OCCO2. The number of carbonyl (C=O) groups is 1. The number of carbonyl (C=O) groups excluding carboxylic acids is 1. The van der Waals surface area contributed by atoms with Crippen molar-refractivity contribution in [3.8, 4) is 0 Å². The van der Waals surface area contributed by atoms with Crippen LogP contribution in [0, 0.1) is 0 Å². The number of ketones is 1. The average molecular weight is 263 g/mol. The summed E-state index contributed by atoms with van der Waals surface area (Å²) in [5, 5.41) is 0. The second kappa shape index (κ2) is 5.28. The third-order valence-electron chi connectivity index (χ3n) is 3.51. The molecule has 19 heavy (non-hydrogen) atoms. The van der Waals surface area contributed by atoms with Crippen molar-refractivity contribution in [2.75, 3.05) is 18.7 Å². The van der Waals surface area contributed by atoms with Gasteiger partial charge in [-0.2, -0.15) is 0 Å². The molecule has 0 unspecified atom stereocenters. The van der Waals surface area contributed by atoms with Crippen molar-refractivity contribution in [2.45, 2.75) is 31.2 Å². The minimum atomic E-state index is -0.614. The van der Waals surface area contributed by atoms with Crippen LogP contribution in [-0.2, 0) is 19.1 Å². The lowest BCUT2D eigenvalue weighted by Gasteiger charge is -2.34. The molecule has 102 valence electrons. The van der Waals surface area contributed by atoms with E-state index in [0.29, 0.717) is 32.5 Å². The normalized spacial score (nSPS) is 25.7. The minimum absolute atomic E-state index is 0.0909. The van der Waals surface area contributed by atoms with E-state index >= 15 is 0 Å². The number of rotatable bonds is 3. The molecule has 1 atom stereocenters. The molecule has 0 bridgehead atoms. The van der Waals surface area contributed by atoms with E-state index in [0.717, 1.165) is 5.69 Å². The molecule has 1 aliphatic carbocycles. The lowest BCUT2D eigenvalue weighted by molar-refractivity contribution is -0.199. The van der Waals surface area contributed by atoms with Gasteiger partial charge in [0, 0.05) is 19.3 Å². The minimum Gasteiger partial charge on any atom is -0.347 e. The first-order valence-electron chi connectivity index (χ1n) is 6.55. The summed E-state index contributed by atoms with van der Waals surface area (Å²) in [6.45, 7) is 1.18. The van der Waals surface area contributed by atoms with Crippen molar-refractivity contribution in [3.63, 3.8) is 0 Å². The van der Waals surface area contributed by atoms with Gasteiger partial charge in [-0.25, -0.2) is 0 Å². The van der Waals surface area contributed by atoms with Crippen LogP contribution in [-0.4, -0.2) is 30.9 Å². The van der Waals surface area contributed by atoms with Crippen LogP contribution in [0.15, 0.2) is 30.3 Å². The Hall–Kier alpha value is -1.43. The Balaban J connectivity index is 1.61. The van der Waals surface area contributed by atoms with Gasteiger partial charge in [0.05, 0.1) is 18.9 Å². The molecule has 5 nitrogen and oxygen atoms in total. The summed E-state index contributed by atoms with van der Waals surface area (Å²) in [6.07, 6.45) is 0.983. The van der Waals surface area contributed by atoms with Gasteiger partial charge in [0.2, 0.25) is 0 Å². The van der Waals surface area contributed by atoms with Crippen LogP contribution >= 0.6 is 0 Å². The molecule has 1 aromatic rings. The van der Waals surface area contributed by atoms with Gasteiger partial charge in [0.15, 0.2) is 11.6 Å². The lowest BCUT2D eigenvalue weighted by atomic mass is 9.90. The number of Topliss-reactive ketones (excluding diaryl/α,β-unsaturated/α-hetero) is 1. The Kier molecular flexibility index (Phi) is 3.50. The van der Waals surface area contributed by atoms with E-state index in [1.165, 1.54) is 0 Å². The zero-order valence-electron chi connectivity index (χ0n) is 10.6. The number of benzene rings is 1. The third kappa shape index (κ3) is 2.78. The summed E-state index contributed by atoms with van der Waals surface area (Å²) in [7, 11) is 0. The molecule has 1 aliphatic heterocycles. The van der Waals surface area contributed by atoms with Gasteiger partial charge >= 0.3 is 0 Å². The Morgan fingerprint density at radius 1 is 1.21 bits per heavy atom. The molecule has 0 aromatic heterocycles. The van der Waals surface area contributed by atoms with E-state index in [1.807, 2.05) is 30.3 Å². The average Bonchev–Trinajstić information content (AvgIpc) is 2.90. The maximum atomic E-state index is 11.9. The Morgan fingerprint density at radius 3 is 2.68 bits per heavy atom. The van der Waals surface area contributed by atoms with E-state index in [9.17, 15) is 4.79 Å². The first kappa shape index (κ1) is 12.6. The summed E-state index contributed by atoms with van der Waals surface area (Å²) in [6, 6.07) is 9.49. The molecular weight excluding hydrogens is 246 g/mol. The summed E-state index contributed by atoms with van der Waals surface area (Å²) in [5.41, 5.74) is 3.64. The monoisotopic (exact) mass is 263 g/mol. The maximum absolute atomic E-state index is 11.9. The first-order chi connectivity index (χ1) is 9.27. The Bertz CT molecular complexity index is 442. The first-order valence-corrected chi connectivity index (χ1v) is 6.55. The van der Waals surface area contributed by atoms with Gasteiger partial charge in [-0.15, -0.1) is 0 Å². The molecule has 1 N–H and O–H groups in total. The molecule has 1 aromatic carbocycles. The largest absolute Gasteiger partial charge is 0.347 e. The highest BCUT2D eigenvalue weighted by molar-refractivity contribution is 5.84. The highest BCUT2D eigenvalue weighted by Crippen LogP contribution is 2.35. The van der Waals surface area contributed by atoms with Gasteiger partial charge in [-0.05, 0) is 12.1 Å². The number of hydrogen-bond acceptors (Lipinski definition) is 5. The quantitative estimate of drug-likeness (QED) is 0.844. The van der Waals surface area contributed by atoms with Gasteiger partial charge in [0.25, 0.3) is 0 Å². The van der Waals surface area contributed by atoms with Crippen molar-refractivity contribution < 1.29 is 19.1 Å². The number of para-hydroxylation sites is 1. The summed E-state index contributed by atoms with van der Waals surface area (Å²) < 4.78 is 11.3. The molecule has 1 spiro atoms. The fraction of sp³-hybridized carbons (Fsp3) is 0.500. The van der Waals surface area contributed by atoms with Crippen LogP contribution in [0.2, 0.25) is 0 Å². The van der Waals surface area contributed by atoms with Crippen LogP contribution in [0.5, 0.6) is 0 Å². The van der Waals surface area contributed by atoms with Crippen LogP contribution in [0.25, 0.3) is 0 Å². The van der Waals surface area contributed by atoms with Gasteiger partial charge in [-0.1, -0.05) is 18.2 Å². The zero-order valence-corrected chi connectivity index (χ0v) is 10.6. The molecule has 2 fully saturated rings. The predicted molar refractivity (Wildman–Crippen MR) is 68.4 cm³/mol. The van der Waals surface area contributed by atoms with Gasteiger partial charge in [0.1, 0.15) is 6.10 Å². The van der Waals surface area contributed by atoms with Crippen molar-refractivity contribution >= 4 is 11.5 Å². The molecule has 1 saturated carbocycles. The van der Waals surface area contributed by atoms with E-state index in [-0.39, 0.29) is 5.78 Å². The van der Waals surface area contributed by atoms with Gasteiger partial charge < -0.3 is 9.47 Å². The molecule has 1 saturated heterocycles. The fourth-order valence-electron chi connectivity index (χ4n) is 2.48. The maximum Gasteiger partial charge on any atom is 0.171 e. The zero-order chi connectivity index (χ0) is 13.1. The Morgan fingerprint density at radius 2 is 1.95 bits per heavy atom. The number of ether oxygens (including phenoxy) is 2. The van der Waals surface area contributed by atoms with Crippen LogP contribution in [0.3, 0.4) is 0 Å². The molecule has 0 amide bonds. The van der Waals surface area contributed by atoms with Gasteiger partial charge in [-0.3, -0.25) is 15.1 Å². The molecule has 3 rings (SSSR count). The van der Waals surface area contributed by atoms with E-state index < -0.39 is 11.9 Å². The van der Waals surface area contributed by atoms with Crippen molar-refractivity contribution in [1.82, 2.24) is 0 Å². The summed E-state index contributed by atoms with van der Waals surface area (Å²) >= 11 is 0. The molecule has 5 heteroatoms. The second-order valence-corrected chi connectivity index (χ2v) is 4.85. The summed E-state index contributed by atoms with van der Waals surface area (Å²) in [5.74, 6) is -0.523. The smallest absolute Gasteiger partial charge is 0.171 e. The fourth-order valence-corrected chi connectivity index (χ4v) is 2.48. The van der Waals surface area contributed by atoms with Crippen LogP contribution in [0.1, 0.15) is 19.3 Å². The molecular formula is C14H17NO4. The van der Waals surface area contributed by atoms with Crippen molar-refractivity contribution in [2.24, 2.45) is 0 Å². The van der Waals surface area contributed by atoms with Crippen LogP contribution < -0.4 is 5.48 Å². The van der Waals surface area contributed by atoms with E-state index in [4.69, 9.17) is 14.3 Å². The standard InChI is InChI=1S/C14H17NO4/c16-12-6-7-14(17-8-9-18-14)10-13(12)19-15-11-4-2-1-3-5-11/h1-5,13,15H,6-10H2/t13-/m0/s1. The topological polar surface area (TPSA) is 56.8 Å². The number of hydrogen-bond donors (Lipinski definition) is 1. The predicted octanol–water partition coefficient (Wildman–Crippen LogP) is 1.89. The molecule has 0 radical (unpaired) electrons. The van der Waals surface area contributed by atoms with Crippen LogP contribution in [0.4, 0.5) is 5.69 Å². The molecule has 1 heterocycles. The lowest BCUT2D eigenvalue weighted by Crippen LogP contribution is -2.45. The van der Waals surface area contributed by atoms with Crippen molar-refractivity contribution in [1.29, 1.82) is 0 Å². The van der Waals surface area contributed by atoms with Crippen molar-refractivity contribution in [3.05, 3.63) is 30.3 Å². The Labute approximate surface area is 111 Å². The third-order valence-corrected chi connectivity index (χ3v) is 3.51. The highest BCUT2D eigenvalue weighted by atomic mass is 16.7.